The minimum Gasteiger partial charge on any atom is -0.496 e. The summed E-state index contributed by atoms with van der Waals surface area (Å²) in [7, 11) is 3.63. The lowest BCUT2D eigenvalue weighted by molar-refractivity contribution is -0.0113. The summed E-state index contributed by atoms with van der Waals surface area (Å²) in [5.41, 5.74) is 1.06. The van der Waals surface area contributed by atoms with Crippen LogP contribution in [0.5, 0.6) is 11.5 Å². The van der Waals surface area contributed by atoms with Gasteiger partial charge in [0.1, 0.15) is 18.1 Å². The third-order valence-electron chi connectivity index (χ3n) is 3.81. The Morgan fingerprint density at radius 1 is 1.35 bits per heavy atom. The molecule has 1 saturated heterocycles. The molecule has 1 aliphatic rings. The van der Waals surface area contributed by atoms with Crippen molar-refractivity contribution < 1.29 is 14.2 Å². The third-order valence-corrected chi connectivity index (χ3v) is 3.81. The maximum atomic E-state index is 6.00. The molecule has 0 aliphatic carbocycles. The highest BCUT2D eigenvalue weighted by molar-refractivity contribution is 5.46. The molecule has 0 aromatic heterocycles. The Hall–Kier alpha value is -1.26. The van der Waals surface area contributed by atoms with Crippen LogP contribution in [0.3, 0.4) is 0 Å². The van der Waals surface area contributed by atoms with Crippen LogP contribution < -0.4 is 14.8 Å². The van der Waals surface area contributed by atoms with Crippen molar-refractivity contribution in [1.29, 1.82) is 0 Å². The predicted molar refractivity (Wildman–Crippen MR) is 79.6 cm³/mol. The van der Waals surface area contributed by atoms with Gasteiger partial charge in [-0.15, -0.1) is 0 Å². The van der Waals surface area contributed by atoms with E-state index in [0.717, 1.165) is 36.5 Å². The minimum atomic E-state index is 0.174. The van der Waals surface area contributed by atoms with Gasteiger partial charge in [0.05, 0.1) is 18.8 Å². The minimum absolute atomic E-state index is 0.174. The fourth-order valence-corrected chi connectivity index (χ4v) is 2.52. The van der Waals surface area contributed by atoms with Gasteiger partial charge in [-0.25, -0.2) is 0 Å². The zero-order valence-electron chi connectivity index (χ0n) is 12.6. The first kappa shape index (κ1) is 15.1. The SMILES string of the molecule is CNC(C)c1c(OC)cccc1OCC1CCCCO1. The number of hydrogen-bond acceptors (Lipinski definition) is 4. The normalized spacial score (nSPS) is 20.4. The second kappa shape index (κ2) is 7.50. The van der Waals surface area contributed by atoms with E-state index in [4.69, 9.17) is 14.2 Å². The van der Waals surface area contributed by atoms with Crippen molar-refractivity contribution in [2.45, 2.75) is 38.3 Å². The van der Waals surface area contributed by atoms with Crippen LogP contribution in [0.25, 0.3) is 0 Å². The molecule has 2 unspecified atom stereocenters. The average Bonchev–Trinajstić information content (AvgIpc) is 2.52. The van der Waals surface area contributed by atoms with Gasteiger partial charge < -0.3 is 19.5 Å². The van der Waals surface area contributed by atoms with Crippen LogP contribution in [0.1, 0.15) is 37.8 Å². The van der Waals surface area contributed by atoms with E-state index in [1.165, 1.54) is 6.42 Å². The monoisotopic (exact) mass is 279 g/mol. The number of benzene rings is 1. The molecule has 0 bridgehead atoms. The Morgan fingerprint density at radius 2 is 2.15 bits per heavy atom. The van der Waals surface area contributed by atoms with Crippen LogP contribution in [-0.2, 0) is 4.74 Å². The second-order valence-electron chi connectivity index (χ2n) is 5.18. The number of nitrogens with one attached hydrogen (secondary N) is 1. The van der Waals surface area contributed by atoms with Gasteiger partial charge in [-0.3, -0.25) is 0 Å². The zero-order valence-corrected chi connectivity index (χ0v) is 12.6. The van der Waals surface area contributed by atoms with Gasteiger partial charge >= 0.3 is 0 Å². The van der Waals surface area contributed by atoms with E-state index < -0.39 is 0 Å². The Kier molecular flexibility index (Phi) is 5.68. The smallest absolute Gasteiger partial charge is 0.127 e. The summed E-state index contributed by atoms with van der Waals surface area (Å²) in [5.74, 6) is 1.73. The molecule has 1 fully saturated rings. The van der Waals surface area contributed by atoms with E-state index in [1.807, 2.05) is 25.2 Å². The first-order valence-electron chi connectivity index (χ1n) is 7.34. The molecule has 112 valence electrons. The van der Waals surface area contributed by atoms with Gasteiger partial charge in [-0.05, 0) is 45.4 Å². The zero-order chi connectivity index (χ0) is 14.4. The molecule has 4 nitrogen and oxygen atoms in total. The summed E-state index contributed by atoms with van der Waals surface area (Å²) < 4.78 is 17.2. The van der Waals surface area contributed by atoms with E-state index in [9.17, 15) is 0 Å². The molecule has 2 atom stereocenters. The molecule has 20 heavy (non-hydrogen) atoms. The van der Waals surface area contributed by atoms with Crippen molar-refractivity contribution in [3.63, 3.8) is 0 Å². The number of hydrogen-bond donors (Lipinski definition) is 1. The molecule has 0 radical (unpaired) electrons. The molecule has 1 aliphatic heterocycles. The topological polar surface area (TPSA) is 39.7 Å². The highest BCUT2D eigenvalue weighted by Gasteiger charge is 2.19. The van der Waals surface area contributed by atoms with Gasteiger partial charge in [0.25, 0.3) is 0 Å². The molecule has 0 saturated carbocycles. The van der Waals surface area contributed by atoms with Crippen molar-refractivity contribution in [2.75, 3.05) is 27.4 Å². The maximum absolute atomic E-state index is 6.00. The van der Waals surface area contributed by atoms with E-state index in [-0.39, 0.29) is 12.1 Å². The van der Waals surface area contributed by atoms with Crippen LogP contribution in [-0.4, -0.2) is 33.5 Å². The molecule has 1 aromatic carbocycles. The van der Waals surface area contributed by atoms with Crippen LogP contribution in [0.4, 0.5) is 0 Å². The average molecular weight is 279 g/mol. The largest absolute Gasteiger partial charge is 0.496 e. The molecule has 2 rings (SSSR count). The van der Waals surface area contributed by atoms with Gasteiger partial charge in [0.15, 0.2) is 0 Å². The van der Waals surface area contributed by atoms with E-state index in [0.29, 0.717) is 6.61 Å². The fraction of sp³-hybridized carbons (Fsp3) is 0.625. The van der Waals surface area contributed by atoms with Crippen molar-refractivity contribution >= 4 is 0 Å². The third kappa shape index (κ3) is 3.64. The molecular weight excluding hydrogens is 254 g/mol. The van der Waals surface area contributed by atoms with Gasteiger partial charge in [0.2, 0.25) is 0 Å². The molecular formula is C16H25NO3. The number of methoxy groups -OCH3 is 1. The van der Waals surface area contributed by atoms with Crippen LogP contribution >= 0.6 is 0 Å². The summed E-state index contributed by atoms with van der Waals surface area (Å²) in [5, 5.41) is 3.24. The summed E-state index contributed by atoms with van der Waals surface area (Å²) >= 11 is 0. The van der Waals surface area contributed by atoms with Crippen LogP contribution in [0.15, 0.2) is 18.2 Å². The Labute approximate surface area is 121 Å². The highest BCUT2D eigenvalue weighted by Crippen LogP contribution is 2.34. The lowest BCUT2D eigenvalue weighted by Gasteiger charge is -2.24. The number of ether oxygens (including phenoxy) is 3. The molecule has 0 spiro atoms. The summed E-state index contributed by atoms with van der Waals surface area (Å²) in [4.78, 5) is 0. The van der Waals surface area contributed by atoms with Crippen molar-refractivity contribution in [3.05, 3.63) is 23.8 Å². The standard InChI is InChI=1S/C16H25NO3/c1-12(17-2)16-14(18-3)8-6-9-15(16)20-11-13-7-4-5-10-19-13/h6,8-9,12-13,17H,4-5,7,10-11H2,1-3H3. The van der Waals surface area contributed by atoms with E-state index in [1.54, 1.807) is 7.11 Å². The quantitative estimate of drug-likeness (QED) is 0.869. The molecule has 1 aromatic rings. The van der Waals surface area contributed by atoms with Crippen molar-refractivity contribution in [3.8, 4) is 11.5 Å². The Bertz CT molecular complexity index is 416. The lowest BCUT2D eigenvalue weighted by atomic mass is 10.1. The first-order chi connectivity index (χ1) is 9.76. The maximum Gasteiger partial charge on any atom is 0.127 e. The fourth-order valence-electron chi connectivity index (χ4n) is 2.52. The molecule has 4 heteroatoms. The first-order valence-corrected chi connectivity index (χ1v) is 7.34. The van der Waals surface area contributed by atoms with Crippen LogP contribution in [0.2, 0.25) is 0 Å². The molecule has 0 amide bonds. The summed E-state index contributed by atoms with van der Waals surface area (Å²) in [6.45, 7) is 3.56. The summed E-state index contributed by atoms with van der Waals surface area (Å²) in [6.07, 6.45) is 3.69. The van der Waals surface area contributed by atoms with Gasteiger partial charge in [-0.2, -0.15) is 0 Å². The Morgan fingerprint density at radius 3 is 2.80 bits per heavy atom. The van der Waals surface area contributed by atoms with Crippen LogP contribution in [0, 0.1) is 0 Å². The van der Waals surface area contributed by atoms with Crippen molar-refractivity contribution in [1.82, 2.24) is 5.32 Å². The molecule has 1 heterocycles. The second-order valence-corrected chi connectivity index (χ2v) is 5.18. The van der Waals surface area contributed by atoms with E-state index in [2.05, 4.69) is 12.2 Å². The van der Waals surface area contributed by atoms with Crippen molar-refractivity contribution in [2.24, 2.45) is 0 Å². The van der Waals surface area contributed by atoms with Gasteiger partial charge in [0, 0.05) is 12.6 Å². The highest BCUT2D eigenvalue weighted by atomic mass is 16.5. The number of rotatable bonds is 6. The predicted octanol–water partition coefficient (Wildman–Crippen LogP) is 2.92. The molecule has 1 N–H and O–H groups in total. The van der Waals surface area contributed by atoms with E-state index >= 15 is 0 Å². The van der Waals surface area contributed by atoms with Gasteiger partial charge in [-0.1, -0.05) is 6.07 Å². The Balaban J connectivity index is 2.09. The lowest BCUT2D eigenvalue weighted by Crippen LogP contribution is -2.26. The summed E-state index contributed by atoms with van der Waals surface area (Å²) in [6, 6.07) is 6.09.